The molecule has 27 heavy (non-hydrogen) atoms. The van der Waals surface area contributed by atoms with Crippen molar-refractivity contribution in [3.63, 3.8) is 0 Å². The summed E-state index contributed by atoms with van der Waals surface area (Å²) in [5.41, 5.74) is 0.128. The molecule has 0 saturated heterocycles. The Balaban J connectivity index is 1.98. The van der Waals surface area contributed by atoms with Gasteiger partial charge in [-0.1, -0.05) is 12.1 Å². The molecular weight excluding hydrogens is 373 g/mol. The van der Waals surface area contributed by atoms with Crippen LogP contribution in [0.3, 0.4) is 0 Å². The third kappa shape index (κ3) is 4.21. The van der Waals surface area contributed by atoms with E-state index in [4.69, 9.17) is 4.74 Å². The highest BCUT2D eigenvalue weighted by atomic mass is 32.2. The SMILES string of the molecule is COCCN(Cc1nc2ccccc2c(=O)[nH]1)S(=O)(=O)c1ccc(F)cc1. The van der Waals surface area contributed by atoms with Crippen LogP contribution < -0.4 is 5.56 Å². The van der Waals surface area contributed by atoms with E-state index in [1.165, 1.54) is 19.2 Å². The maximum Gasteiger partial charge on any atom is 0.258 e. The van der Waals surface area contributed by atoms with E-state index in [-0.39, 0.29) is 36.0 Å². The van der Waals surface area contributed by atoms with Crippen molar-refractivity contribution in [2.75, 3.05) is 20.3 Å². The summed E-state index contributed by atoms with van der Waals surface area (Å²) < 4.78 is 45.1. The van der Waals surface area contributed by atoms with Gasteiger partial charge < -0.3 is 9.72 Å². The quantitative estimate of drug-likeness (QED) is 0.664. The van der Waals surface area contributed by atoms with Gasteiger partial charge in [0.15, 0.2) is 0 Å². The number of fused-ring (bicyclic) bond motifs is 1. The molecule has 0 radical (unpaired) electrons. The lowest BCUT2D eigenvalue weighted by Crippen LogP contribution is -2.34. The summed E-state index contributed by atoms with van der Waals surface area (Å²) in [7, 11) is -2.47. The van der Waals surface area contributed by atoms with Crippen LogP contribution in [0.15, 0.2) is 58.2 Å². The minimum absolute atomic E-state index is 0.0484. The molecule has 9 heteroatoms. The molecule has 1 N–H and O–H groups in total. The standard InChI is InChI=1S/C18H18FN3O4S/c1-26-11-10-22(27(24,25)14-8-6-13(19)7-9-14)12-17-20-16-5-3-2-4-15(16)18(23)21-17/h2-9H,10-12H2,1H3,(H,20,21,23). The van der Waals surface area contributed by atoms with E-state index in [9.17, 15) is 17.6 Å². The number of para-hydroxylation sites is 1. The number of aromatic nitrogens is 2. The fourth-order valence-electron chi connectivity index (χ4n) is 2.61. The number of ether oxygens (including phenoxy) is 1. The molecule has 0 amide bonds. The van der Waals surface area contributed by atoms with Crippen molar-refractivity contribution in [1.82, 2.24) is 14.3 Å². The lowest BCUT2D eigenvalue weighted by molar-refractivity contribution is 0.176. The number of halogens is 1. The van der Waals surface area contributed by atoms with Gasteiger partial charge in [-0.2, -0.15) is 4.31 Å². The maximum atomic E-state index is 13.1. The Bertz CT molecular complexity index is 1100. The molecule has 0 atom stereocenters. The van der Waals surface area contributed by atoms with Gasteiger partial charge in [0.1, 0.15) is 11.6 Å². The number of hydrogen-bond donors (Lipinski definition) is 1. The minimum Gasteiger partial charge on any atom is -0.383 e. The number of benzene rings is 2. The van der Waals surface area contributed by atoms with Crippen LogP contribution in [0.4, 0.5) is 4.39 Å². The van der Waals surface area contributed by atoms with E-state index in [1.807, 2.05) is 0 Å². The summed E-state index contributed by atoms with van der Waals surface area (Å²) >= 11 is 0. The Labute approximate surface area is 155 Å². The molecule has 0 aliphatic rings. The maximum absolute atomic E-state index is 13.1. The van der Waals surface area contributed by atoms with Crippen molar-refractivity contribution in [3.05, 3.63) is 70.5 Å². The van der Waals surface area contributed by atoms with Gasteiger partial charge in [-0.05, 0) is 36.4 Å². The predicted octanol–water partition coefficient (Wildman–Crippen LogP) is 1.90. The average molecular weight is 391 g/mol. The van der Waals surface area contributed by atoms with Gasteiger partial charge >= 0.3 is 0 Å². The van der Waals surface area contributed by atoms with E-state index >= 15 is 0 Å². The Kier molecular flexibility index (Phi) is 5.64. The highest BCUT2D eigenvalue weighted by Gasteiger charge is 2.25. The van der Waals surface area contributed by atoms with Gasteiger partial charge in [0, 0.05) is 13.7 Å². The number of nitrogens with zero attached hydrogens (tertiary/aromatic N) is 2. The normalized spacial score (nSPS) is 12.0. The van der Waals surface area contributed by atoms with E-state index < -0.39 is 15.8 Å². The van der Waals surface area contributed by atoms with E-state index in [0.29, 0.717) is 10.9 Å². The Hall–Kier alpha value is -2.62. The van der Waals surface area contributed by atoms with Crippen LogP contribution in [0.25, 0.3) is 10.9 Å². The molecule has 142 valence electrons. The first-order chi connectivity index (χ1) is 12.9. The van der Waals surface area contributed by atoms with Crippen LogP contribution in [-0.4, -0.2) is 43.0 Å². The van der Waals surface area contributed by atoms with E-state index in [0.717, 1.165) is 16.4 Å². The van der Waals surface area contributed by atoms with Crippen molar-refractivity contribution in [2.45, 2.75) is 11.4 Å². The number of nitrogens with one attached hydrogen (secondary N) is 1. The molecule has 0 unspecified atom stereocenters. The van der Waals surface area contributed by atoms with Crippen molar-refractivity contribution in [1.29, 1.82) is 0 Å². The molecule has 0 aliphatic heterocycles. The van der Waals surface area contributed by atoms with Gasteiger partial charge in [0.05, 0.1) is 29.0 Å². The summed E-state index contributed by atoms with van der Waals surface area (Å²) in [6.45, 7) is 0.0497. The highest BCUT2D eigenvalue weighted by Crippen LogP contribution is 2.18. The first-order valence-electron chi connectivity index (χ1n) is 8.14. The zero-order valence-corrected chi connectivity index (χ0v) is 15.4. The molecule has 0 bridgehead atoms. The van der Waals surface area contributed by atoms with Crippen LogP contribution in [0.5, 0.6) is 0 Å². The molecule has 0 saturated carbocycles. The smallest absolute Gasteiger partial charge is 0.258 e. The van der Waals surface area contributed by atoms with Crippen LogP contribution in [0, 0.1) is 5.82 Å². The number of H-pyrrole nitrogens is 1. The first-order valence-corrected chi connectivity index (χ1v) is 9.58. The van der Waals surface area contributed by atoms with Crippen LogP contribution >= 0.6 is 0 Å². The Morgan fingerprint density at radius 3 is 2.56 bits per heavy atom. The molecule has 0 fully saturated rings. The molecule has 0 spiro atoms. The fourth-order valence-corrected chi connectivity index (χ4v) is 4.00. The molecule has 7 nitrogen and oxygen atoms in total. The number of methoxy groups -OCH3 is 1. The lowest BCUT2D eigenvalue weighted by Gasteiger charge is -2.21. The number of sulfonamides is 1. The molecule has 1 heterocycles. The van der Waals surface area contributed by atoms with Gasteiger partial charge in [0.2, 0.25) is 10.0 Å². The van der Waals surface area contributed by atoms with Crippen LogP contribution in [0.2, 0.25) is 0 Å². The summed E-state index contributed by atoms with van der Waals surface area (Å²) in [6, 6.07) is 11.3. The van der Waals surface area contributed by atoms with Crippen molar-refractivity contribution in [3.8, 4) is 0 Å². The average Bonchev–Trinajstić information content (AvgIpc) is 2.65. The third-order valence-electron chi connectivity index (χ3n) is 3.98. The second-order valence-corrected chi connectivity index (χ2v) is 7.75. The van der Waals surface area contributed by atoms with Crippen molar-refractivity contribution < 1.29 is 17.5 Å². The van der Waals surface area contributed by atoms with Gasteiger partial charge in [-0.3, -0.25) is 4.79 Å². The van der Waals surface area contributed by atoms with Crippen molar-refractivity contribution >= 4 is 20.9 Å². The molecule has 2 aromatic carbocycles. The van der Waals surface area contributed by atoms with Gasteiger partial charge in [-0.25, -0.2) is 17.8 Å². The molecule has 0 aliphatic carbocycles. The fraction of sp³-hybridized carbons (Fsp3) is 0.222. The van der Waals surface area contributed by atoms with Crippen LogP contribution in [0.1, 0.15) is 5.82 Å². The molecule has 3 rings (SSSR count). The Morgan fingerprint density at radius 1 is 1.15 bits per heavy atom. The first kappa shape index (κ1) is 19.2. The zero-order chi connectivity index (χ0) is 19.4. The number of aromatic amines is 1. The monoisotopic (exact) mass is 391 g/mol. The lowest BCUT2D eigenvalue weighted by atomic mass is 10.2. The topological polar surface area (TPSA) is 92.4 Å². The number of hydrogen-bond acceptors (Lipinski definition) is 5. The van der Waals surface area contributed by atoms with Gasteiger partial charge in [0.25, 0.3) is 5.56 Å². The predicted molar refractivity (Wildman–Crippen MR) is 98.2 cm³/mol. The molecule has 3 aromatic rings. The Morgan fingerprint density at radius 2 is 1.85 bits per heavy atom. The second-order valence-electron chi connectivity index (χ2n) is 5.82. The summed E-state index contributed by atoms with van der Waals surface area (Å²) in [6.07, 6.45) is 0. The summed E-state index contributed by atoms with van der Waals surface area (Å²) in [5.74, 6) is -0.321. The second kappa shape index (κ2) is 7.95. The molecule has 1 aromatic heterocycles. The summed E-state index contributed by atoms with van der Waals surface area (Å²) in [5, 5.41) is 0.422. The van der Waals surface area contributed by atoms with Gasteiger partial charge in [-0.15, -0.1) is 0 Å². The van der Waals surface area contributed by atoms with Crippen LogP contribution in [-0.2, 0) is 21.3 Å². The van der Waals surface area contributed by atoms with E-state index in [2.05, 4.69) is 9.97 Å². The van der Waals surface area contributed by atoms with E-state index in [1.54, 1.807) is 24.3 Å². The zero-order valence-electron chi connectivity index (χ0n) is 14.6. The largest absolute Gasteiger partial charge is 0.383 e. The third-order valence-corrected chi connectivity index (χ3v) is 5.84. The highest BCUT2D eigenvalue weighted by molar-refractivity contribution is 7.89. The number of rotatable bonds is 7. The summed E-state index contributed by atoms with van der Waals surface area (Å²) in [4.78, 5) is 19.1. The molecular formula is C18H18FN3O4S. The minimum atomic E-state index is -3.93. The van der Waals surface area contributed by atoms with Crippen molar-refractivity contribution in [2.24, 2.45) is 0 Å².